The number of benzene rings is 1. The van der Waals surface area contributed by atoms with E-state index in [1.165, 1.54) is 11.8 Å². The molecule has 0 spiro atoms. The number of anilines is 1. The average molecular weight is 398 g/mol. The molecule has 1 aliphatic carbocycles. The molecule has 1 saturated carbocycles. The third-order valence-electron chi connectivity index (χ3n) is 5.36. The van der Waals surface area contributed by atoms with E-state index < -0.39 is 0 Å². The number of ether oxygens (including phenoxy) is 1. The molecular weight excluding hydrogens is 374 g/mol. The maximum atomic E-state index is 13.1. The van der Waals surface area contributed by atoms with Gasteiger partial charge < -0.3 is 14.6 Å². The fourth-order valence-electron chi connectivity index (χ4n) is 3.69. The number of aromatic amines is 1. The Balaban J connectivity index is 1.39. The Morgan fingerprint density at radius 1 is 1.25 bits per heavy atom. The monoisotopic (exact) mass is 397 g/mol. The number of carbonyl (C=O) groups is 1. The minimum atomic E-state index is -0.238. The fourth-order valence-corrected chi connectivity index (χ4v) is 4.67. The minimum absolute atomic E-state index is 0.112. The first-order valence-corrected chi connectivity index (χ1v) is 10.6. The van der Waals surface area contributed by atoms with Crippen LogP contribution in [0.5, 0.6) is 0 Å². The highest BCUT2D eigenvalue weighted by Gasteiger charge is 2.33. The third kappa shape index (κ3) is 3.20. The second kappa shape index (κ2) is 7.25. The molecule has 1 N–H and O–H groups in total. The number of nitrogens with one attached hydrogen (secondary N) is 1. The second-order valence-electron chi connectivity index (χ2n) is 7.36. The topological polar surface area (TPSA) is 76.0 Å². The Morgan fingerprint density at radius 2 is 2.04 bits per heavy atom. The van der Waals surface area contributed by atoms with Crippen LogP contribution in [0.15, 0.2) is 35.6 Å². The number of ketones is 1. The van der Waals surface area contributed by atoms with Crippen molar-refractivity contribution in [3.05, 3.63) is 36.0 Å². The summed E-state index contributed by atoms with van der Waals surface area (Å²) in [7, 11) is 0. The zero-order chi connectivity index (χ0) is 19.1. The quantitative estimate of drug-likeness (QED) is 0.508. The molecule has 0 amide bonds. The molecule has 0 unspecified atom stereocenters. The van der Waals surface area contributed by atoms with Crippen molar-refractivity contribution in [2.75, 3.05) is 31.2 Å². The average Bonchev–Trinajstić information content (AvgIpc) is 3.34. The van der Waals surface area contributed by atoms with Gasteiger partial charge in [-0.05, 0) is 25.8 Å². The van der Waals surface area contributed by atoms with Gasteiger partial charge in [0.25, 0.3) is 0 Å². The number of thioether (sulfide) groups is 1. The molecule has 0 bridgehead atoms. The van der Waals surface area contributed by atoms with Crippen LogP contribution in [0, 0.1) is 0 Å². The number of para-hydroxylation sites is 1. The van der Waals surface area contributed by atoms with Crippen LogP contribution in [0.25, 0.3) is 10.9 Å². The van der Waals surface area contributed by atoms with Crippen LogP contribution in [-0.4, -0.2) is 57.1 Å². The van der Waals surface area contributed by atoms with Crippen molar-refractivity contribution in [3.63, 3.8) is 0 Å². The predicted octanol–water partition coefficient (Wildman–Crippen LogP) is 3.29. The van der Waals surface area contributed by atoms with Crippen LogP contribution in [0.1, 0.15) is 36.2 Å². The van der Waals surface area contributed by atoms with E-state index in [1.807, 2.05) is 37.4 Å². The molecular formula is C20H23N5O2S. The number of aromatic nitrogens is 4. The van der Waals surface area contributed by atoms with Crippen molar-refractivity contribution in [3.8, 4) is 0 Å². The van der Waals surface area contributed by atoms with Crippen LogP contribution in [0.4, 0.5) is 5.95 Å². The number of rotatable bonds is 6. The summed E-state index contributed by atoms with van der Waals surface area (Å²) in [6.07, 6.45) is 4.11. The maximum Gasteiger partial charge on any atom is 0.228 e. The first-order valence-electron chi connectivity index (χ1n) is 9.77. The molecule has 28 heavy (non-hydrogen) atoms. The molecule has 3 heterocycles. The SMILES string of the molecule is C[C@@H](Sc1nnc(N2CCOCC2)n1C1CC1)C(=O)c1c[nH]c2ccccc12. The summed E-state index contributed by atoms with van der Waals surface area (Å²) in [5.74, 6) is 1.03. The van der Waals surface area contributed by atoms with Crippen LogP contribution >= 0.6 is 11.8 Å². The fraction of sp³-hybridized carbons (Fsp3) is 0.450. The Kier molecular flexibility index (Phi) is 4.60. The molecule has 0 radical (unpaired) electrons. The van der Waals surface area contributed by atoms with Crippen molar-refractivity contribution in [2.24, 2.45) is 0 Å². The number of hydrogen-bond acceptors (Lipinski definition) is 6. The van der Waals surface area contributed by atoms with Gasteiger partial charge >= 0.3 is 0 Å². The molecule has 7 nitrogen and oxygen atoms in total. The summed E-state index contributed by atoms with van der Waals surface area (Å²) in [6, 6.07) is 8.35. The zero-order valence-electron chi connectivity index (χ0n) is 15.8. The lowest BCUT2D eigenvalue weighted by Crippen LogP contribution is -2.38. The van der Waals surface area contributed by atoms with Crippen LogP contribution < -0.4 is 4.90 Å². The normalized spacial score (nSPS) is 18.5. The van der Waals surface area contributed by atoms with E-state index in [4.69, 9.17) is 4.74 Å². The summed E-state index contributed by atoms with van der Waals surface area (Å²) >= 11 is 1.51. The number of Topliss-reactive ketones (excluding diaryl/α,β-unsaturated/α-hetero) is 1. The lowest BCUT2D eigenvalue weighted by atomic mass is 10.1. The van der Waals surface area contributed by atoms with E-state index in [1.54, 1.807) is 0 Å². The van der Waals surface area contributed by atoms with Crippen molar-refractivity contribution < 1.29 is 9.53 Å². The highest BCUT2D eigenvalue weighted by Crippen LogP contribution is 2.42. The smallest absolute Gasteiger partial charge is 0.228 e. The highest BCUT2D eigenvalue weighted by atomic mass is 32.2. The van der Waals surface area contributed by atoms with Gasteiger partial charge in [-0.2, -0.15) is 0 Å². The summed E-state index contributed by atoms with van der Waals surface area (Å²) in [5.41, 5.74) is 1.72. The van der Waals surface area contributed by atoms with Gasteiger partial charge in [-0.15, -0.1) is 10.2 Å². The second-order valence-corrected chi connectivity index (χ2v) is 8.66. The van der Waals surface area contributed by atoms with E-state index in [9.17, 15) is 4.79 Å². The summed E-state index contributed by atoms with van der Waals surface area (Å²) in [5, 5.41) is 10.5. The molecule has 2 fully saturated rings. The van der Waals surface area contributed by atoms with Gasteiger partial charge in [-0.3, -0.25) is 9.36 Å². The Morgan fingerprint density at radius 3 is 2.82 bits per heavy atom. The molecule has 5 rings (SSSR count). The van der Waals surface area contributed by atoms with Crippen molar-refractivity contribution in [1.82, 2.24) is 19.7 Å². The van der Waals surface area contributed by atoms with Gasteiger partial charge in [0.2, 0.25) is 5.95 Å². The zero-order valence-corrected chi connectivity index (χ0v) is 16.6. The molecule has 2 aliphatic rings. The Bertz CT molecular complexity index is 1000. The van der Waals surface area contributed by atoms with Gasteiger partial charge in [-0.25, -0.2) is 0 Å². The third-order valence-corrected chi connectivity index (χ3v) is 6.42. The van der Waals surface area contributed by atoms with Crippen LogP contribution in [0.2, 0.25) is 0 Å². The lowest BCUT2D eigenvalue weighted by molar-refractivity contribution is 0.0995. The van der Waals surface area contributed by atoms with Crippen molar-refractivity contribution in [1.29, 1.82) is 0 Å². The van der Waals surface area contributed by atoms with Gasteiger partial charge in [-0.1, -0.05) is 30.0 Å². The van der Waals surface area contributed by atoms with Gasteiger partial charge in [0.05, 0.1) is 18.5 Å². The van der Waals surface area contributed by atoms with E-state index in [-0.39, 0.29) is 11.0 Å². The number of fused-ring (bicyclic) bond motifs is 1. The number of nitrogens with zero attached hydrogens (tertiary/aromatic N) is 4. The molecule has 2 aromatic heterocycles. The number of hydrogen-bond donors (Lipinski definition) is 1. The van der Waals surface area contributed by atoms with E-state index in [0.717, 1.165) is 66.7 Å². The standard InChI is InChI=1S/C20H23N5O2S/c1-13(18(26)16-12-21-17-5-3-2-4-15(16)17)28-20-23-22-19(25(20)14-6-7-14)24-8-10-27-11-9-24/h2-5,12-14,21H,6-11H2,1H3/t13-/m1/s1. The molecule has 3 aromatic rings. The minimum Gasteiger partial charge on any atom is -0.378 e. The molecule has 1 aromatic carbocycles. The molecule has 1 saturated heterocycles. The number of carbonyl (C=O) groups excluding carboxylic acids is 1. The predicted molar refractivity (Wildman–Crippen MR) is 109 cm³/mol. The van der Waals surface area contributed by atoms with Crippen molar-refractivity contribution in [2.45, 2.75) is 36.2 Å². The molecule has 146 valence electrons. The first kappa shape index (κ1) is 17.8. The molecule has 1 atom stereocenters. The summed E-state index contributed by atoms with van der Waals surface area (Å²) in [4.78, 5) is 18.5. The van der Waals surface area contributed by atoms with E-state index in [2.05, 4.69) is 24.6 Å². The van der Waals surface area contributed by atoms with E-state index >= 15 is 0 Å². The Labute approximate surface area is 167 Å². The summed E-state index contributed by atoms with van der Waals surface area (Å²) < 4.78 is 7.70. The van der Waals surface area contributed by atoms with Crippen LogP contribution in [0.3, 0.4) is 0 Å². The number of H-pyrrole nitrogens is 1. The molecule has 8 heteroatoms. The van der Waals surface area contributed by atoms with Gasteiger partial charge in [0, 0.05) is 41.8 Å². The Hall–Kier alpha value is -2.32. The summed E-state index contributed by atoms with van der Waals surface area (Å²) in [6.45, 7) is 5.05. The van der Waals surface area contributed by atoms with E-state index in [0.29, 0.717) is 6.04 Å². The largest absolute Gasteiger partial charge is 0.378 e. The first-order chi connectivity index (χ1) is 13.7. The lowest BCUT2D eigenvalue weighted by Gasteiger charge is -2.28. The van der Waals surface area contributed by atoms with Crippen molar-refractivity contribution >= 4 is 34.4 Å². The number of morpholine rings is 1. The highest BCUT2D eigenvalue weighted by molar-refractivity contribution is 8.00. The van der Waals surface area contributed by atoms with Gasteiger partial charge in [0.1, 0.15) is 0 Å². The van der Waals surface area contributed by atoms with Crippen LogP contribution in [-0.2, 0) is 4.74 Å². The van der Waals surface area contributed by atoms with Gasteiger partial charge in [0.15, 0.2) is 10.9 Å². The molecule has 1 aliphatic heterocycles. The maximum absolute atomic E-state index is 13.1.